The fraction of sp³-hybridized carbons (Fsp3) is 0.294. The summed E-state index contributed by atoms with van der Waals surface area (Å²) in [6.07, 6.45) is 2.76. The van der Waals surface area contributed by atoms with Gasteiger partial charge >= 0.3 is 0 Å². The lowest BCUT2D eigenvalue weighted by atomic mass is 10.1. The van der Waals surface area contributed by atoms with Crippen LogP contribution in [-0.4, -0.2) is 25.0 Å². The molecule has 5 heteroatoms. The normalized spacial score (nSPS) is 11.3. The molecular formula is C17H23N5. The number of pyridine rings is 1. The van der Waals surface area contributed by atoms with Crippen LogP contribution in [0.1, 0.15) is 18.2 Å². The molecule has 0 bridgehead atoms. The highest BCUT2D eigenvalue weighted by atomic mass is 15.1. The van der Waals surface area contributed by atoms with Gasteiger partial charge in [-0.15, -0.1) is 0 Å². The van der Waals surface area contributed by atoms with Crippen LogP contribution in [0.25, 0.3) is 0 Å². The molecule has 0 aliphatic carbocycles. The average Bonchev–Trinajstić information content (AvgIpc) is 2.53. The number of rotatable bonds is 5. The van der Waals surface area contributed by atoms with Crippen LogP contribution < -0.4 is 16.0 Å². The van der Waals surface area contributed by atoms with E-state index in [1.54, 1.807) is 6.20 Å². The van der Waals surface area contributed by atoms with Crippen molar-refractivity contribution in [2.75, 3.05) is 24.3 Å². The molecule has 0 saturated carbocycles. The van der Waals surface area contributed by atoms with Crippen molar-refractivity contribution in [3.63, 3.8) is 0 Å². The number of anilines is 2. The monoisotopic (exact) mass is 297 g/mol. The number of nitrogens with zero attached hydrogens (tertiary/aromatic N) is 3. The molecule has 2 aromatic rings. The van der Waals surface area contributed by atoms with Gasteiger partial charge < -0.3 is 16.0 Å². The molecule has 0 aliphatic heterocycles. The minimum Gasteiger partial charge on any atom is -0.376 e. The highest BCUT2D eigenvalue weighted by Crippen LogP contribution is 2.16. The van der Waals surface area contributed by atoms with E-state index in [0.29, 0.717) is 12.5 Å². The summed E-state index contributed by atoms with van der Waals surface area (Å²) >= 11 is 0. The molecule has 5 nitrogen and oxygen atoms in total. The zero-order valence-electron chi connectivity index (χ0n) is 13.4. The molecule has 0 fully saturated rings. The summed E-state index contributed by atoms with van der Waals surface area (Å²) in [4.78, 5) is 10.8. The quantitative estimate of drug-likeness (QED) is 0.657. The first-order valence-corrected chi connectivity index (χ1v) is 7.37. The summed E-state index contributed by atoms with van der Waals surface area (Å²) < 4.78 is 0. The van der Waals surface area contributed by atoms with E-state index in [-0.39, 0.29) is 0 Å². The van der Waals surface area contributed by atoms with Gasteiger partial charge in [0.05, 0.1) is 17.9 Å². The molecule has 0 amide bonds. The first-order chi connectivity index (χ1) is 10.6. The van der Waals surface area contributed by atoms with Crippen LogP contribution in [-0.2, 0) is 13.0 Å². The zero-order valence-corrected chi connectivity index (χ0v) is 13.4. The lowest BCUT2D eigenvalue weighted by Gasteiger charge is -2.15. The van der Waals surface area contributed by atoms with Gasteiger partial charge in [0.1, 0.15) is 0 Å². The Labute approximate surface area is 131 Å². The Morgan fingerprint density at radius 3 is 2.82 bits per heavy atom. The zero-order chi connectivity index (χ0) is 15.9. The predicted molar refractivity (Wildman–Crippen MR) is 93.3 cm³/mol. The number of guanidine groups is 1. The second-order valence-electron chi connectivity index (χ2n) is 5.24. The Morgan fingerprint density at radius 2 is 2.09 bits per heavy atom. The summed E-state index contributed by atoms with van der Waals surface area (Å²) in [5, 5.41) is 3.12. The van der Waals surface area contributed by atoms with Crippen molar-refractivity contribution in [2.24, 2.45) is 10.7 Å². The van der Waals surface area contributed by atoms with Crippen LogP contribution in [0.3, 0.4) is 0 Å². The summed E-state index contributed by atoms with van der Waals surface area (Å²) in [5.74, 6) is 0.392. The molecule has 0 aliphatic rings. The minimum atomic E-state index is 0.392. The van der Waals surface area contributed by atoms with Gasteiger partial charge in [0, 0.05) is 26.0 Å². The predicted octanol–water partition coefficient (Wildman–Crippen LogP) is 2.64. The molecule has 3 N–H and O–H groups in total. The maximum absolute atomic E-state index is 5.97. The van der Waals surface area contributed by atoms with Gasteiger partial charge in [0.15, 0.2) is 5.96 Å². The molecule has 1 heterocycles. The van der Waals surface area contributed by atoms with Crippen molar-refractivity contribution >= 4 is 17.3 Å². The molecular weight excluding hydrogens is 274 g/mol. The molecule has 116 valence electrons. The SMILES string of the molecule is CCc1cccc(NC(N)=NCc2ncccc2N(C)C)c1. The van der Waals surface area contributed by atoms with Gasteiger partial charge in [-0.3, -0.25) is 4.98 Å². The Morgan fingerprint density at radius 1 is 1.27 bits per heavy atom. The lowest BCUT2D eigenvalue weighted by molar-refractivity contribution is 0.958. The number of aliphatic imine (C=N–C) groups is 1. The summed E-state index contributed by atoms with van der Waals surface area (Å²) in [5.41, 5.74) is 10.1. The third-order valence-electron chi connectivity index (χ3n) is 3.35. The maximum Gasteiger partial charge on any atom is 0.193 e. The number of nitrogens with two attached hydrogens (primary N) is 1. The fourth-order valence-electron chi connectivity index (χ4n) is 2.17. The molecule has 0 radical (unpaired) electrons. The Balaban J connectivity index is 2.07. The highest BCUT2D eigenvalue weighted by molar-refractivity contribution is 5.92. The van der Waals surface area contributed by atoms with Crippen LogP contribution >= 0.6 is 0 Å². The molecule has 1 aromatic heterocycles. The van der Waals surface area contributed by atoms with Crippen LogP contribution in [0.15, 0.2) is 47.6 Å². The summed E-state index contributed by atoms with van der Waals surface area (Å²) in [6.45, 7) is 2.57. The highest BCUT2D eigenvalue weighted by Gasteiger charge is 2.04. The second kappa shape index (κ2) is 7.45. The lowest BCUT2D eigenvalue weighted by Crippen LogP contribution is -2.23. The van der Waals surface area contributed by atoms with Crippen molar-refractivity contribution in [3.8, 4) is 0 Å². The van der Waals surface area contributed by atoms with Crippen molar-refractivity contribution in [3.05, 3.63) is 53.9 Å². The second-order valence-corrected chi connectivity index (χ2v) is 5.24. The van der Waals surface area contributed by atoms with Crippen molar-refractivity contribution in [2.45, 2.75) is 19.9 Å². The maximum atomic E-state index is 5.97. The van der Waals surface area contributed by atoms with Crippen molar-refractivity contribution in [1.29, 1.82) is 0 Å². The summed E-state index contributed by atoms with van der Waals surface area (Å²) in [6, 6.07) is 12.1. The molecule has 22 heavy (non-hydrogen) atoms. The molecule has 0 spiro atoms. The minimum absolute atomic E-state index is 0.392. The van der Waals surface area contributed by atoms with Gasteiger partial charge in [-0.2, -0.15) is 0 Å². The van der Waals surface area contributed by atoms with Gasteiger partial charge in [0.25, 0.3) is 0 Å². The van der Waals surface area contributed by atoms with E-state index < -0.39 is 0 Å². The fourth-order valence-corrected chi connectivity index (χ4v) is 2.17. The first-order valence-electron chi connectivity index (χ1n) is 7.37. The van der Waals surface area contributed by atoms with Gasteiger partial charge in [-0.1, -0.05) is 19.1 Å². The molecule has 2 rings (SSSR count). The summed E-state index contributed by atoms with van der Waals surface area (Å²) in [7, 11) is 3.98. The topological polar surface area (TPSA) is 66.5 Å². The van der Waals surface area contributed by atoms with E-state index in [2.05, 4.69) is 34.3 Å². The van der Waals surface area contributed by atoms with Gasteiger partial charge in [0.2, 0.25) is 0 Å². The standard InChI is InChI=1S/C17H23N5/c1-4-13-7-5-8-14(11-13)21-17(18)20-12-15-16(22(2)3)9-6-10-19-15/h5-11H,4,12H2,1-3H3,(H3,18,20,21). The van der Waals surface area contributed by atoms with Crippen molar-refractivity contribution < 1.29 is 0 Å². The van der Waals surface area contributed by atoms with E-state index >= 15 is 0 Å². The number of hydrogen-bond donors (Lipinski definition) is 2. The Bertz CT molecular complexity index is 649. The van der Waals surface area contributed by atoms with Crippen LogP contribution in [0.4, 0.5) is 11.4 Å². The molecule has 0 unspecified atom stereocenters. The van der Waals surface area contributed by atoms with Crippen LogP contribution in [0, 0.1) is 0 Å². The number of aromatic nitrogens is 1. The number of hydrogen-bond acceptors (Lipinski definition) is 3. The average molecular weight is 297 g/mol. The van der Waals surface area contributed by atoms with Crippen molar-refractivity contribution in [1.82, 2.24) is 4.98 Å². The van der Waals surface area contributed by atoms with E-state index in [0.717, 1.165) is 23.5 Å². The first kappa shape index (κ1) is 15.8. The van der Waals surface area contributed by atoms with E-state index in [1.807, 2.05) is 43.3 Å². The third kappa shape index (κ3) is 4.22. The number of nitrogens with one attached hydrogen (secondary N) is 1. The van der Waals surface area contributed by atoms with Crippen LogP contribution in [0.5, 0.6) is 0 Å². The molecule has 0 atom stereocenters. The smallest absolute Gasteiger partial charge is 0.193 e. The van der Waals surface area contributed by atoms with E-state index in [9.17, 15) is 0 Å². The van der Waals surface area contributed by atoms with E-state index in [1.165, 1.54) is 5.56 Å². The van der Waals surface area contributed by atoms with Gasteiger partial charge in [-0.05, 0) is 36.2 Å². The number of aryl methyl sites for hydroxylation is 1. The largest absolute Gasteiger partial charge is 0.376 e. The molecule has 0 saturated heterocycles. The Kier molecular flexibility index (Phi) is 5.36. The molecule has 1 aromatic carbocycles. The number of benzene rings is 1. The van der Waals surface area contributed by atoms with Crippen LogP contribution in [0.2, 0.25) is 0 Å². The third-order valence-corrected chi connectivity index (χ3v) is 3.35. The Hall–Kier alpha value is -2.56. The van der Waals surface area contributed by atoms with Gasteiger partial charge in [-0.25, -0.2) is 4.99 Å². The van der Waals surface area contributed by atoms with E-state index in [4.69, 9.17) is 5.73 Å².